The van der Waals surface area contributed by atoms with Crippen molar-refractivity contribution in [3.63, 3.8) is 0 Å². The van der Waals surface area contributed by atoms with E-state index in [1.54, 1.807) is 0 Å². The summed E-state index contributed by atoms with van der Waals surface area (Å²) in [6.45, 7) is 2.44. The molecule has 0 aliphatic heterocycles. The summed E-state index contributed by atoms with van der Waals surface area (Å²) in [4.78, 5) is 23.4. The van der Waals surface area contributed by atoms with E-state index >= 15 is 0 Å². The Morgan fingerprint density at radius 3 is 2.94 bits per heavy atom. The zero-order valence-corrected chi connectivity index (χ0v) is 10.5. The van der Waals surface area contributed by atoms with Crippen molar-refractivity contribution in [2.24, 2.45) is 5.73 Å². The van der Waals surface area contributed by atoms with E-state index in [0.29, 0.717) is 19.4 Å². The molecule has 0 fully saturated rings. The number of Topliss-reactive ketones (excluding diaryl/α,β-unsaturated/α-hetero) is 1. The van der Waals surface area contributed by atoms with Gasteiger partial charge in [0.05, 0.1) is 6.04 Å². The number of benzene rings is 1. The average Bonchev–Trinajstić information content (AvgIpc) is 2.67. The minimum absolute atomic E-state index is 0.0753. The SMILES string of the molecule is CCNC(=O)C(N)CC1CC(=O)c2ccccc21. The van der Waals surface area contributed by atoms with Gasteiger partial charge in [0.25, 0.3) is 0 Å². The maximum absolute atomic E-state index is 11.8. The second-order valence-corrected chi connectivity index (χ2v) is 4.65. The smallest absolute Gasteiger partial charge is 0.236 e. The minimum Gasteiger partial charge on any atom is -0.355 e. The second kappa shape index (κ2) is 5.31. The molecular formula is C14H18N2O2. The van der Waals surface area contributed by atoms with E-state index in [1.807, 2.05) is 31.2 Å². The molecule has 1 aromatic carbocycles. The molecule has 0 bridgehead atoms. The fraction of sp³-hybridized carbons (Fsp3) is 0.429. The van der Waals surface area contributed by atoms with Gasteiger partial charge in [0.1, 0.15) is 0 Å². The molecule has 2 unspecified atom stereocenters. The van der Waals surface area contributed by atoms with Crippen LogP contribution in [0, 0.1) is 0 Å². The molecular weight excluding hydrogens is 228 g/mol. The Bertz CT molecular complexity index is 471. The Labute approximate surface area is 107 Å². The monoisotopic (exact) mass is 246 g/mol. The van der Waals surface area contributed by atoms with Gasteiger partial charge in [-0.25, -0.2) is 0 Å². The van der Waals surface area contributed by atoms with E-state index in [9.17, 15) is 9.59 Å². The summed E-state index contributed by atoms with van der Waals surface area (Å²) in [5, 5.41) is 2.71. The Morgan fingerprint density at radius 1 is 1.50 bits per heavy atom. The van der Waals surface area contributed by atoms with E-state index in [1.165, 1.54) is 0 Å². The normalized spacial score (nSPS) is 19.4. The van der Waals surface area contributed by atoms with Gasteiger partial charge in [-0.15, -0.1) is 0 Å². The molecule has 1 amide bonds. The number of rotatable bonds is 4. The highest BCUT2D eigenvalue weighted by atomic mass is 16.2. The van der Waals surface area contributed by atoms with Crippen LogP contribution in [-0.2, 0) is 4.79 Å². The first-order valence-corrected chi connectivity index (χ1v) is 6.29. The zero-order chi connectivity index (χ0) is 13.1. The van der Waals surface area contributed by atoms with E-state index in [4.69, 9.17) is 5.73 Å². The molecule has 0 saturated heterocycles. The van der Waals surface area contributed by atoms with Gasteiger partial charge in [-0.05, 0) is 24.8 Å². The maximum atomic E-state index is 11.8. The molecule has 1 aliphatic carbocycles. The molecule has 0 radical (unpaired) electrons. The van der Waals surface area contributed by atoms with Crippen LogP contribution in [0.4, 0.5) is 0 Å². The number of amides is 1. The van der Waals surface area contributed by atoms with Crippen molar-refractivity contribution in [3.8, 4) is 0 Å². The summed E-state index contributed by atoms with van der Waals surface area (Å²) < 4.78 is 0. The molecule has 3 N–H and O–H groups in total. The fourth-order valence-corrected chi connectivity index (χ4v) is 2.48. The topological polar surface area (TPSA) is 72.2 Å². The first-order chi connectivity index (χ1) is 8.63. The third-order valence-corrected chi connectivity index (χ3v) is 3.36. The zero-order valence-electron chi connectivity index (χ0n) is 10.5. The van der Waals surface area contributed by atoms with Crippen LogP contribution in [0.2, 0.25) is 0 Å². The van der Waals surface area contributed by atoms with Gasteiger partial charge < -0.3 is 11.1 Å². The summed E-state index contributed by atoms with van der Waals surface area (Å²) in [6.07, 6.45) is 0.987. The lowest BCUT2D eigenvalue weighted by Gasteiger charge is -2.16. The molecule has 0 spiro atoms. The van der Waals surface area contributed by atoms with Crippen molar-refractivity contribution < 1.29 is 9.59 Å². The van der Waals surface area contributed by atoms with Gasteiger partial charge in [-0.2, -0.15) is 0 Å². The fourth-order valence-electron chi connectivity index (χ4n) is 2.48. The maximum Gasteiger partial charge on any atom is 0.236 e. The first-order valence-electron chi connectivity index (χ1n) is 6.29. The number of likely N-dealkylation sites (N-methyl/N-ethyl adjacent to an activating group) is 1. The van der Waals surface area contributed by atoms with Crippen LogP contribution < -0.4 is 11.1 Å². The number of hydrogen-bond acceptors (Lipinski definition) is 3. The van der Waals surface area contributed by atoms with Crippen LogP contribution in [0.25, 0.3) is 0 Å². The van der Waals surface area contributed by atoms with E-state index in [2.05, 4.69) is 5.32 Å². The van der Waals surface area contributed by atoms with Crippen LogP contribution >= 0.6 is 0 Å². The summed E-state index contributed by atoms with van der Waals surface area (Å²) in [7, 11) is 0. The van der Waals surface area contributed by atoms with Gasteiger partial charge >= 0.3 is 0 Å². The van der Waals surface area contributed by atoms with Crippen molar-refractivity contribution in [2.45, 2.75) is 31.7 Å². The van der Waals surface area contributed by atoms with Crippen molar-refractivity contribution in [2.75, 3.05) is 6.54 Å². The van der Waals surface area contributed by atoms with Crippen molar-refractivity contribution >= 4 is 11.7 Å². The van der Waals surface area contributed by atoms with Crippen molar-refractivity contribution in [1.29, 1.82) is 0 Å². The lowest BCUT2D eigenvalue weighted by atomic mass is 9.94. The lowest BCUT2D eigenvalue weighted by Crippen LogP contribution is -2.41. The van der Waals surface area contributed by atoms with Gasteiger partial charge in [0, 0.05) is 18.5 Å². The molecule has 0 heterocycles. The Hall–Kier alpha value is -1.68. The van der Waals surface area contributed by atoms with Crippen LogP contribution in [0.5, 0.6) is 0 Å². The molecule has 96 valence electrons. The van der Waals surface area contributed by atoms with E-state index in [0.717, 1.165) is 11.1 Å². The summed E-state index contributed by atoms with van der Waals surface area (Å²) in [5.74, 6) is 0.0827. The van der Waals surface area contributed by atoms with E-state index in [-0.39, 0.29) is 17.6 Å². The quantitative estimate of drug-likeness (QED) is 0.838. The van der Waals surface area contributed by atoms with E-state index < -0.39 is 6.04 Å². The number of ketones is 1. The molecule has 18 heavy (non-hydrogen) atoms. The Balaban J connectivity index is 2.08. The van der Waals surface area contributed by atoms with Crippen molar-refractivity contribution in [1.82, 2.24) is 5.32 Å². The highest BCUT2D eigenvalue weighted by molar-refractivity contribution is 6.01. The molecule has 2 rings (SSSR count). The standard InChI is InChI=1S/C14H18N2O2/c1-2-16-14(18)12(15)7-9-8-13(17)11-6-4-3-5-10(9)11/h3-6,9,12H,2,7-8,15H2,1H3,(H,16,18). The molecule has 4 nitrogen and oxygen atoms in total. The summed E-state index contributed by atoms with van der Waals surface area (Å²) in [5.41, 5.74) is 7.68. The van der Waals surface area contributed by atoms with Crippen LogP contribution in [0.3, 0.4) is 0 Å². The number of carbonyl (C=O) groups excluding carboxylic acids is 2. The van der Waals surface area contributed by atoms with Gasteiger partial charge in [-0.1, -0.05) is 24.3 Å². The Morgan fingerprint density at radius 2 is 2.22 bits per heavy atom. The molecule has 0 saturated carbocycles. The predicted molar refractivity (Wildman–Crippen MR) is 69.4 cm³/mol. The number of nitrogens with two attached hydrogens (primary N) is 1. The molecule has 1 aliphatic rings. The van der Waals surface area contributed by atoms with Crippen LogP contribution in [0.1, 0.15) is 41.6 Å². The third-order valence-electron chi connectivity index (χ3n) is 3.36. The average molecular weight is 246 g/mol. The Kier molecular flexibility index (Phi) is 3.77. The third kappa shape index (κ3) is 2.43. The molecule has 1 aromatic rings. The number of carbonyl (C=O) groups is 2. The largest absolute Gasteiger partial charge is 0.355 e. The van der Waals surface area contributed by atoms with Crippen molar-refractivity contribution in [3.05, 3.63) is 35.4 Å². The van der Waals surface area contributed by atoms with Crippen LogP contribution in [-0.4, -0.2) is 24.3 Å². The van der Waals surface area contributed by atoms with Gasteiger partial charge in [-0.3, -0.25) is 9.59 Å². The minimum atomic E-state index is -0.547. The van der Waals surface area contributed by atoms with Gasteiger partial charge in [0.2, 0.25) is 5.91 Å². The highest BCUT2D eigenvalue weighted by Gasteiger charge is 2.31. The first kappa shape index (κ1) is 12.8. The lowest BCUT2D eigenvalue weighted by molar-refractivity contribution is -0.122. The summed E-state index contributed by atoms with van der Waals surface area (Å²) in [6, 6.07) is 7.03. The highest BCUT2D eigenvalue weighted by Crippen LogP contribution is 2.35. The number of nitrogens with one attached hydrogen (secondary N) is 1. The molecule has 0 aromatic heterocycles. The molecule has 4 heteroatoms. The van der Waals surface area contributed by atoms with Gasteiger partial charge in [0.15, 0.2) is 5.78 Å². The predicted octanol–water partition coefficient (Wildman–Crippen LogP) is 1.21. The number of fused-ring (bicyclic) bond motifs is 1. The number of hydrogen-bond donors (Lipinski definition) is 2. The molecule has 2 atom stereocenters. The van der Waals surface area contributed by atoms with Crippen LogP contribution in [0.15, 0.2) is 24.3 Å². The summed E-state index contributed by atoms with van der Waals surface area (Å²) >= 11 is 0. The second-order valence-electron chi connectivity index (χ2n) is 4.65.